The molecule has 0 saturated carbocycles. The maximum absolute atomic E-state index is 11.4. The van der Waals surface area contributed by atoms with Gasteiger partial charge in [-0.25, -0.2) is 4.79 Å². The van der Waals surface area contributed by atoms with Crippen LogP contribution in [0.5, 0.6) is 0 Å². The Morgan fingerprint density at radius 2 is 2.13 bits per heavy atom. The van der Waals surface area contributed by atoms with E-state index in [2.05, 4.69) is 11.1 Å². The fourth-order valence-corrected chi connectivity index (χ4v) is 1.61. The highest BCUT2D eigenvalue weighted by Gasteiger charge is 2.29. The molecule has 0 radical (unpaired) electrons. The summed E-state index contributed by atoms with van der Waals surface area (Å²) in [4.78, 5) is 20.4. The molecule has 0 saturated heterocycles. The van der Waals surface area contributed by atoms with Gasteiger partial charge in [-0.05, 0) is 20.8 Å². The van der Waals surface area contributed by atoms with Crippen molar-refractivity contribution in [3.05, 3.63) is 12.2 Å². The van der Waals surface area contributed by atoms with Crippen molar-refractivity contribution in [2.75, 3.05) is 13.2 Å². The standard InChI is InChI=1S/C9H17O5P/c1-5-14-15(11,12)8(4)6-13-9(10)7(2)3/h8H,2,5-6H2,1,3-4H3,(H,11,12). The average molecular weight is 236 g/mol. The van der Waals surface area contributed by atoms with Crippen LogP contribution in [-0.2, 0) is 18.6 Å². The van der Waals surface area contributed by atoms with E-state index in [-0.39, 0.29) is 18.8 Å². The van der Waals surface area contributed by atoms with Gasteiger partial charge in [-0.2, -0.15) is 0 Å². The topological polar surface area (TPSA) is 72.8 Å². The van der Waals surface area contributed by atoms with Gasteiger partial charge < -0.3 is 14.2 Å². The third-order valence-electron chi connectivity index (χ3n) is 1.68. The summed E-state index contributed by atoms with van der Waals surface area (Å²) in [6, 6.07) is 0. The molecule has 0 fully saturated rings. The zero-order valence-electron chi connectivity index (χ0n) is 9.23. The quantitative estimate of drug-likeness (QED) is 0.432. The third-order valence-corrected chi connectivity index (χ3v) is 3.57. The van der Waals surface area contributed by atoms with Crippen LogP contribution < -0.4 is 0 Å². The minimum atomic E-state index is -3.68. The van der Waals surface area contributed by atoms with E-state index < -0.39 is 19.2 Å². The van der Waals surface area contributed by atoms with Gasteiger partial charge in [0.15, 0.2) is 0 Å². The molecule has 5 nitrogen and oxygen atoms in total. The summed E-state index contributed by atoms with van der Waals surface area (Å²) in [5.74, 6) is -0.571. The zero-order chi connectivity index (χ0) is 12.1. The molecule has 0 spiro atoms. The van der Waals surface area contributed by atoms with Gasteiger partial charge in [0.05, 0.1) is 12.3 Å². The van der Waals surface area contributed by atoms with Crippen molar-refractivity contribution in [1.82, 2.24) is 0 Å². The second-order valence-corrected chi connectivity index (χ2v) is 5.48. The van der Waals surface area contributed by atoms with E-state index in [0.717, 1.165) is 0 Å². The summed E-state index contributed by atoms with van der Waals surface area (Å²) in [5, 5.41) is 0. The predicted octanol–water partition coefficient (Wildman–Crippen LogP) is 1.72. The normalized spacial score (nSPS) is 16.5. The van der Waals surface area contributed by atoms with Crippen LogP contribution in [0, 0.1) is 0 Å². The Morgan fingerprint density at radius 1 is 1.60 bits per heavy atom. The van der Waals surface area contributed by atoms with Gasteiger partial charge in [-0.15, -0.1) is 0 Å². The number of hydrogen-bond acceptors (Lipinski definition) is 4. The lowest BCUT2D eigenvalue weighted by molar-refractivity contribution is -0.138. The molecule has 6 heteroatoms. The van der Waals surface area contributed by atoms with E-state index in [0.29, 0.717) is 0 Å². The van der Waals surface area contributed by atoms with Crippen LogP contribution >= 0.6 is 7.60 Å². The number of esters is 1. The van der Waals surface area contributed by atoms with Gasteiger partial charge in [0.1, 0.15) is 6.61 Å². The van der Waals surface area contributed by atoms with E-state index >= 15 is 0 Å². The highest BCUT2D eigenvalue weighted by molar-refractivity contribution is 7.53. The summed E-state index contributed by atoms with van der Waals surface area (Å²) in [6.07, 6.45) is 0. The highest BCUT2D eigenvalue weighted by Crippen LogP contribution is 2.47. The molecular weight excluding hydrogens is 219 g/mol. The minimum Gasteiger partial charge on any atom is -0.461 e. The Labute approximate surface area is 89.6 Å². The Morgan fingerprint density at radius 3 is 2.53 bits per heavy atom. The van der Waals surface area contributed by atoms with E-state index in [9.17, 15) is 14.3 Å². The zero-order valence-corrected chi connectivity index (χ0v) is 10.1. The van der Waals surface area contributed by atoms with Crippen LogP contribution in [0.3, 0.4) is 0 Å². The molecule has 15 heavy (non-hydrogen) atoms. The van der Waals surface area contributed by atoms with Crippen molar-refractivity contribution in [1.29, 1.82) is 0 Å². The SMILES string of the molecule is C=C(C)C(=O)OCC(C)P(=O)(O)OCC. The second kappa shape index (κ2) is 6.05. The summed E-state index contributed by atoms with van der Waals surface area (Å²) in [6.45, 7) is 8.00. The van der Waals surface area contributed by atoms with E-state index in [1.807, 2.05) is 0 Å². The molecule has 0 aromatic rings. The van der Waals surface area contributed by atoms with Crippen molar-refractivity contribution in [2.24, 2.45) is 0 Å². The maximum atomic E-state index is 11.4. The largest absolute Gasteiger partial charge is 0.461 e. The van der Waals surface area contributed by atoms with Crippen molar-refractivity contribution in [3.8, 4) is 0 Å². The molecule has 0 rings (SSSR count). The van der Waals surface area contributed by atoms with Gasteiger partial charge in [0.25, 0.3) is 0 Å². The molecule has 0 aliphatic heterocycles. The molecule has 0 aromatic carbocycles. The Kier molecular flexibility index (Phi) is 5.80. The summed E-state index contributed by atoms with van der Waals surface area (Å²) in [5.41, 5.74) is -0.480. The van der Waals surface area contributed by atoms with Crippen LogP contribution in [0.1, 0.15) is 20.8 Å². The number of ether oxygens (including phenoxy) is 1. The van der Waals surface area contributed by atoms with Crippen LogP contribution in [0.15, 0.2) is 12.2 Å². The lowest BCUT2D eigenvalue weighted by Crippen LogP contribution is -2.17. The van der Waals surface area contributed by atoms with E-state index in [1.165, 1.54) is 13.8 Å². The fraction of sp³-hybridized carbons (Fsp3) is 0.667. The minimum absolute atomic E-state index is 0.145. The molecule has 88 valence electrons. The smallest absolute Gasteiger partial charge is 0.334 e. The molecule has 0 aliphatic carbocycles. The van der Waals surface area contributed by atoms with Gasteiger partial charge in [0, 0.05) is 5.57 Å². The maximum Gasteiger partial charge on any atom is 0.334 e. The highest BCUT2D eigenvalue weighted by atomic mass is 31.2. The Hall–Kier alpha value is -0.640. The lowest BCUT2D eigenvalue weighted by atomic mass is 10.4. The molecule has 0 bridgehead atoms. The third kappa shape index (κ3) is 5.11. The first-order valence-corrected chi connectivity index (χ1v) is 6.25. The fourth-order valence-electron chi connectivity index (χ4n) is 0.726. The Bertz CT molecular complexity index is 286. The van der Waals surface area contributed by atoms with Crippen molar-refractivity contribution in [2.45, 2.75) is 26.4 Å². The monoisotopic (exact) mass is 236 g/mol. The van der Waals surface area contributed by atoms with Gasteiger partial charge >= 0.3 is 13.6 Å². The molecule has 2 unspecified atom stereocenters. The summed E-state index contributed by atoms with van der Waals surface area (Å²) >= 11 is 0. The van der Waals surface area contributed by atoms with E-state index in [4.69, 9.17) is 4.74 Å². The number of carbonyl (C=O) groups excluding carboxylic acids is 1. The van der Waals surface area contributed by atoms with Crippen molar-refractivity contribution >= 4 is 13.6 Å². The van der Waals surface area contributed by atoms with Crippen molar-refractivity contribution < 1.29 is 23.5 Å². The number of hydrogen-bond donors (Lipinski definition) is 1. The molecule has 0 amide bonds. The molecule has 0 aliphatic rings. The summed E-state index contributed by atoms with van der Waals surface area (Å²) in [7, 11) is -3.68. The lowest BCUT2D eigenvalue weighted by Gasteiger charge is -2.18. The van der Waals surface area contributed by atoms with Crippen LogP contribution in [-0.4, -0.2) is 29.7 Å². The van der Waals surface area contributed by atoms with Crippen LogP contribution in [0.25, 0.3) is 0 Å². The molecule has 0 heterocycles. The molecule has 0 aromatic heterocycles. The first-order valence-electron chi connectivity index (χ1n) is 4.61. The summed E-state index contributed by atoms with van der Waals surface area (Å²) < 4.78 is 20.8. The van der Waals surface area contributed by atoms with Crippen LogP contribution in [0.2, 0.25) is 0 Å². The first kappa shape index (κ1) is 14.4. The average Bonchev–Trinajstić information content (AvgIpc) is 2.13. The molecule has 1 N–H and O–H groups in total. The van der Waals surface area contributed by atoms with Crippen LogP contribution in [0.4, 0.5) is 0 Å². The Balaban J connectivity index is 4.14. The number of rotatable bonds is 6. The second-order valence-electron chi connectivity index (χ2n) is 3.21. The van der Waals surface area contributed by atoms with Gasteiger partial charge in [0.2, 0.25) is 0 Å². The molecule has 2 atom stereocenters. The number of carbonyl (C=O) groups is 1. The van der Waals surface area contributed by atoms with Gasteiger partial charge in [-0.1, -0.05) is 6.58 Å². The van der Waals surface area contributed by atoms with Crippen molar-refractivity contribution in [3.63, 3.8) is 0 Å². The first-order chi connectivity index (χ1) is 6.81. The van der Waals surface area contributed by atoms with E-state index in [1.54, 1.807) is 6.92 Å². The molecular formula is C9H17O5P. The predicted molar refractivity (Wildman–Crippen MR) is 56.7 cm³/mol. The van der Waals surface area contributed by atoms with Gasteiger partial charge in [-0.3, -0.25) is 4.57 Å².